The molecule has 3 N–H and O–H groups in total. The number of amides is 2. The van der Waals surface area contributed by atoms with Crippen molar-refractivity contribution < 1.29 is 4.79 Å². The number of hydrogen-bond donors (Lipinski definition) is 3. The fraction of sp³-hybridized carbons (Fsp3) is 0.267. The Balaban J connectivity index is 1.17. The number of nitriles is 1. The molecule has 0 unspecified atom stereocenters. The van der Waals surface area contributed by atoms with Crippen LogP contribution >= 0.6 is 11.6 Å². The lowest BCUT2D eigenvalue weighted by Gasteiger charge is -2.35. The number of aromatic nitrogens is 8. The summed E-state index contributed by atoms with van der Waals surface area (Å²) in [6.45, 7) is 0.388. The fourth-order valence-electron chi connectivity index (χ4n) is 5.26. The molecule has 6 rings (SSSR count). The van der Waals surface area contributed by atoms with Gasteiger partial charge in [0.15, 0.2) is 0 Å². The van der Waals surface area contributed by atoms with Crippen molar-refractivity contribution in [2.75, 3.05) is 10.2 Å². The van der Waals surface area contributed by atoms with E-state index in [1.807, 2.05) is 43.6 Å². The van der Waals surface area contributed by atoms with Crippen LogP contribution in [0, 0.1) is 11.3 Å². The molecule has 0 spiro atoms. The van der Waals surface area contributed by atoms with Crippen LogP contribution in [0.1, 0.15) is 36.8 Å². The molecule has 14 heteroatoms. The first-order valence-electron chi connectivity index (χ1n) is 14.1. The third kappa shape index (κ3) is 6.35. The summed E-state index contributed by atoms with van der Waals surface area (Å²) in [4.78, 5) is 33.4. The predicted molar refractivity (Wildman–Crippen MR) is 164 cm³/mol. The molecule has 1 aliphatic rings. The monoisotopic (exact) mass is 608 g/mol. The highest BCUT2D eigenvalue weighted by Gasteiger charge is 2.32. The maximum atomic E-state index is 13.6. The van der Waals surface area contributed by atoms with Crippen molar-refractivity contribution in [3.63, 3.8) is 0 Å². The summed E-state index contributed by atoms with van der Waals surface area (Å²) >= 11 is 6.23. The highest BCUT2D eigenvalue weighted by molar-refractivity contribution is 6.32. The SMILES string of the molecule is Cn1cc(-c2cnc(N(C(=O)NCc3ccccc3)[C@H]3CC[C@H](Nc4ncc(C#N)c(-c5n[nH]cc5Cl)n4)CC3)nc2)cn1. The highest BCUT2D eigenvalue weighted by Crippen LogP contribution is 2.30. The van der Waals surface area contributed by atoms with Crippen LogP contribution in [0.2, 0.25) is 5.02 Å². The van der Waals surface area contributed by atoms with Gasteiger partial charge < -0.3 is 10.6 Å². The van der Waals surface area contributed by atoms with Crippen LogP contribution in [0.3, 0.4) is 0 Å². The summed E-state index contributed by atoms with van der Waals surface area (Å²) < 4.78 is 1.72. The fourth-order valence-corrected chi connectivity index (χ4v) is 5.44. The van der Waals surface area contributed by atoms with Gasteiger partial charge in [-0.1, -0.05) is 41.9 Å². The molecule has 0 saturated heterocycles. The number of anilines is 2. The largest absolute Gasteiger partial charge is 0.351 e. The van der Waals surface area contributed by atoms with Gasteiger partial charge >= 0.3 is 6.03 Å². The second-order valence-electron chi connectivity index (χ2n) is 10.5. The summed E-state index contributed by atoms with van der Waals surface area (Å²) in [6, 6.07) is 11.6. The Labute approximate surface area is 258 Å². The molecule has 0 atom stereocenters. The summed E-state index contributed by atoms with van der Waals surface area (Å²) in [7, 11) is 1.85. The van der Waals surface area contributed by atoms with Crippen LogP contribution in [0.5, 0.6) is 0 Å². The zero-order chi connectivity index (χ0) is 30.5. The molecule has 222 valence electrons. The van der Waals surface area contributed by atoms with Crippen molar-refractivity contribution in [1.29, 1.82) is 5.26 Å². The van der Waals surface area contributed by atoms with E-state index in [2.05, 4.69) is 51.9 Å². The van der Waals surface area contributed by atoms with E-state index in [4.69, 9.17) is 11.6 Å². The van der Waals surface area contributed by atoms with Crippen molar-refractivity contribution in [2.24, 2.45) is 7.05 Å². The number of carbonyl (C=O) groups excluding carboxylic acids is 1. The standard InChI is InChI=1S/C30H29ClN12O/c1-42-18-22(16-38-42)21-14-34-29(35-15-21)43(30(44)36-12-19-5-3-2-4-6-19)24-9-7-23(8-10-24)39-28-33-13-20(11-32)26(40-28)27-25(31)17-37-41-27/h2-6,13-18,23-24H,7-10,12H2,1H3,(H,36,44)(H,37,41)(H,33,39,40)/t23-,24-. The second-order valence-corrected chi connectivity index (χ2v) is 10.9. The number of nitrogens with zero attached hydrogens (tertiary/aromatic N) is 9. The van der Waals surface area contributed by atoms with Crippen LogP contribution in [0.25, 0.3) is 22.5 Å². The molecular formula is C30H29ClN12O. The molecule has 1 fully saturated rings. The smallest absolute Gasteiger partial charge is 0.324 e. The predicted octanol–water partition coefficient (Wildman–Crippen LogP) is 4.72. The second kappa shape index (κ2) is 12.9. The molecule has 0 aliphatic heterocycles. The van der Waals surface area contributed by atoms with E-state index < -0.39 is 0 Å². The summed E-state index contributed by atoms with van der Waals surface area (Å²) in [5.74, 6) is 0.726. The van der Waals surface area contributed by atoms with Crippen LogP contribution < -0.4 is 15.5 Å². The van der Waals surface area contributed by atoms with E-state index in [1.54, 1.807) is 28.2 Å². The maximum absolute atomic E-state index is 13.6. The van der Waals surface area contributed by atoms with E-state index >= 15 is 0 Å². The van der Waals surface area contributed by atoms with Gasteiger partial charge in [0.25, 0.3) is 0 Å². The first-order chi connectivity index (χ1) is 21.5. The third-order valence-electron chi connectivity index (χ3n) is 7.52. The van der Waals surface area contributed by atoms with Gasteiger partial charge in [0.05, 0.1) is 23.0 Å². The molecule has 13 nitrogen and oxygen atoms in total. The zero-order valence-corrected chi connectivity index (χ0v) is 24.6. The minimum absolute atomic E-state index is 0.0600. The molecule has 1 aromatic carbocycles. The first kappa shape index (κ1) is 28.8. The molecule has 2 amide bonds. The van der Waals surface area contributed by atoms with Gasteiger partial charge in [0, 0.05) is 61.6 Å². The van der Waals surface area contributed by atoms with Crippen molar-refractivity contribution in [2.45, 2.75) is 44.3 Å². The summed E-state index contributed by atoms with van der Waals surface area (Å²) in [5.41, 5.74) is 3.74. The average molecular weight is 609 g/mol. The number of urea groups is 1. The van der Waals surface area contributed by atoms with Gasteiger partial charge in [-0.25, -0.2) is 24.7 Å². The van der Waals surface area contributed by atoms with E-state index in [-0.39, 0.29) is 23.7 Å². The van der Waals surface area contributed by atoms with E-state index in [9.17, 15) is 10.1 Å². The van der Waals surface area contributed by atoms with Crippen LogP contribution in [-0.2, 0) is 13.6 Å². The van der Waals surface area contributed by atoms with Crippen molar-refractivity contribution in [3.05, 3.63) is 83.7 Å². The Morgan fingerprint density at radius 3 is 2.50 bits per heavy atom. The zero-order valence-electron chi connectivity index (χ0n) is 23.9. The summed E-state index contributed by atoms with van der Waals surface area (Å²) in [5, 5.41) is 27.4. The lowest BCUT2D eigenvalue weighted by molar-refractivity contribution is 0.240. The minimum atomic E-state index is -0.254. The number of hydrogen-bond acceptors (Lipinski definition) is 9. The van der Waals surface area contributed by atoms with Crippen molar-refractivity contribution in [3.8, 4) is 28.6 Å². The topological polar surface area (TPSA) is 166 Å². The third-order valence-corrected chi connectivity index (χ3v) is 7.81. The molecule has 4 heterocycles. The highest BCUT2D eigenvalue weighted by atomic mass is 35.5. The molecule has 4 aromatic heterocycles. The lowest BCUT2D eigenvalue weighted by atomic mass is 9.90. The van der Waals surface area contributed by atoms with Crippen LogP contribution in [0.15, 0.2) is 67.5 Å². The van der Waals surface area contributed by atoms with Crippen molar-refractivity contribution in [1.82, 2.24) is 45.2 Å². The minimum Gasteiger partial charge on any atom is -0.351 e. The number of aryl methyl sites for hydroxylation is 1. The Hall–Kier alpha value is -5.35. The van der Waals surface area contributed by atoms with Gasteiger partial charge in [-0.2, -0.15) is 15.5 Å². The lowest BCUT2D eigenvalue weighted by Crippen LogP contribution is -2.49. The van der Waals surface area contributed by atoms with E-state index in [1.165, 1.54) is 12.4 Å². The number of halogens is 1. The van der Waals surface area contributed by atoms with Gasteiger partial charge in [-0.15, -0.1) is 0 Å². The number of benzene rings is 1. The van der Waals surface area contributed by atoms with Crippen LogP contribution in [0.4, 0.5) is 16.7 Å². The number of carbonyl (C=O) groups is 1. The average Bonchev–Trinajstić information content (AvgIpc) is 3.69. The molecule has 1 aliphatic carbocycles. The molecule has 0 bridgehead atoms. The molecule has 0 radical (unpaired) electrons. The number of rotatable bonds is 8. The first-order valence-corrected chi connectivity index (χ1v) is 14.5. The Morgan fingerprint density at radius 2 is 1.84 bits per heavy atom. The molecule has 5 aromatic rings. The normalized spacial score (nSPS) is 16.2. The number of nitrogens with one attached hydrogen (secondary N) is 3. The maximum Gasteiger partial charge on any atom is 0.324 e. The quantitative estimate of drug-likeness (QED) is 0.226. The Bertz CT molecular complexity index is 1770. The molecule has 1 saturated carbocycles. The summed E-state index contributed by atoms with van der Waals surface area (Å²) in [6.07, 6.45) is 13.0. The Kier molecular flexibility index (Phi) is 8.42. The van der Waals surface area contributed by atoms with Gasteiger partial charge in [0.2, 0.25) is 11.9 Å². The molecular weight excluding hydrogens is 580 g/mol. The van der Waals surface area contributed by atoms with Gasteiger partial charge in [-0.3, -0.25) is 14.7 Å². The van der Waals surface area contributed by atoms with Gasteiger partial charge in [0.1, 0.15) is 17.5 Å². The van der Waals surface area contributed by atoms with E-state index in [0.717, 1.165) is 29.5 Å². The Morgan fingerprint density at radius 1 is 1.07 bits per heavy atom. The van der Waals surface area contributed by atoms with Gasteiger partial charge in [-0.05, 0) is 31.2 Å². The van der Waals surface area contributed by atoms with Crippen LogP contribution in [-0.4, -0.2) is 58.0 Å². The van der Waals surface area contributed by atoms with Crippen molar-refractivity contribution >= 4 is 29.5 Å². The molecule has 44 heavy (non-hydrogen) atoms. The number of aromatic amines is 1. The number of H-pyrrole nitrogens is 1. The van der Waals surface area contributed by atoms with E-state index in [0.29, 0.717) is 47.7 Å².